The first kappa shape index (κ1) is 31.3. The number of carbonyl (C=O) groups excluding carboxylic acids is 2. The highest BCUT2D eigenvalue weighted by Crippen LogP contribution is 2.34. The van der Waals surface area contributed by atoms with Crippen LogP contribution in [0, 0.1) is 0 Å². The lowest BCUT2D eigenvalue weighted by Gasteiger charge is -2.27. The number of aromatic nitrogens is 6. The predicted molar refractivity (Wildman–Crippen MR) is 172 cm³/mol. The van der Waals surface area contributed by atoms with Crippen LogP contribution in [0.15, 0.2) is 60.9 Å². The van der Waals surface area contributed by atoms with Gasteiger partial charge in [0.15, 0.2) is 0 Å². The molecule has 6 rings (SSSR count). The molecule has 2 aromatic heterocycles. The fraction of sp³-hybridized carbons (Fsp3) is 0.471. The van der Waals surface area contributed by atoms with Crippen LogP contribution in [0.25, 0.3) is 22.5 Å². The van der Waals surface area contributed by atoms with Crippen molar-refractivity contribution >= 4 is 12.2 Å². The Morgan fingerprint density at radius 2 is 1.00 bits per heavy atom. The third-order valence-corrected chi connectivity index (χ3v) is 8.06. The van der Waals surface area contributed by atoms with Crippen molar-refractivity contribution in [2.45, 2.75) is 90.5 Å². The minimum absolute atomic E-state index is 0.149. The summed E-state index contributed by atoms with van der Waals surface area (Å²) in [5, 5.41) is 17.5. The van der Waals surface area contributed by atoms with Crippen LogP contribution in [0.3, 0.4) is 0 Å². The van der Waals surface area contributed by atoms with E-state index in [1.165, 1.54) is 0 Å². The number of likely N-dealkylation sites (tertiary alicyclic amines) is 2. The van der Waals surface area contributed by atoms with E-state index in [-0.39, 0.29) is 24.3 Å². The normalized spacial score (nSPS) is 18.7. The highest BCUT2D eigenvalue weighted by Gasteiger charge is 2.36. The molecule has 12 heteroatoms. The van der Waals surface area contributed by atoms with Gasteiger partial charge in [-0.15, -0.1) is 10.2 Å². The van der Waals surface area contributed by atoms with Crippen molar-refractivity contribution in [3.8, 4) is 22.5 Å². The van der Waals surface area contributed by atoms with Gasteiger partial charge in [-0.25, -0.2) is 19.0 Å². The molecule has 0 saturated carbocycles. The molecule has 4 heterocycles. The summed E-state index contributed by atoms with van der Waals surface area (Å²) < 4.78 is 14.7. The fourth-order valence-corrected chi connectivity index (χ4v) is 5.95. The van der Waals surface area contributed by atoms with Crippen LogP contribution in [-0.2, 0) is 9.47 Å². The zero-order valence-corrected chi connectivity index (χ0v) is 27.4. The predicted octanol–water partition coefficient (Wildman–Crippen LogP) is 6.66. The summed E-state index contributed by atoms with van der Waals surface area (Å²) in [6.45, 7) is 12.5. The van der Waals surface area contributed by atoms with Gasteiger partial charge in [0.2, 0.25) is 0 Å². The van der Waals surface area contributed by atoms with E-state index in [1.807, 2.05) is 102 Å². The number of nitrogens with zero attached hydrogens (tertiary/aromatic N) is 8. The number of ether oxygens (including phenoxy) is 2. The Hall–Kier alpha value is -4.74. The van der Waals surface area contributed by atoms with Crippen LogP contribution in [0.4, 0.5) is 9.59 Å². The summed E-state index contributed by atoms with van der Waals surface area (Å²) in [6, 6.07) is 15.9. The molecular formula is C34H42N8O4. The molecule has 0 aliphatic carbocycles. The van der Waals surface area contributed by atoms with Crippen LogP contribution in [-0.4, -0.2) is 76.3 Å². The first-order valence-electron chi connectivity index (χ1n) is 15.9. The van der Waals surface area contributed by atoms with E-state index >= 15 is 0 Å². The molecule has 2 aromatic carbocycles. The Morgan fingerprint density at radius 3 is 1.35 bits per heavy atom. The van der Waals surface area contributed by atoms with Crippen molar-refractivity contribution in [2.75, 3.05) is 13.1 Å². The summed E-state index contributed by atoms with van der Waals surface area (Å²) in [6.07, 6.45) is 6.60. The second kappa shape index (κ2) is 12.2. The Balaban J connectivity index is 1.11. The van der Waals surface area contributed by atoms with Gasteiger partial charge in [-0.3, -0.25) is 9.80 Å². The average molecular weight is 627 g/mol. The van der Waals surface area contributed by atoms with Gasteiger partial charge in [-0.1, -0.05) is 34.7 Å². The molecule has 242 valence electrons. The van der Waals surface area contributed by atoms with Gasteiger partial charge in [0.1, 0.15) is 22.6 Å². The van der Waals surface area contributed by atoms with Crippen LogP contribution >= 0.6 is 0 Å². The Morgan fingerprint density at radius 1 is 0.630 bits per heavy atom. The largest absolute Gasteiger partial charge is 0.444 e. The zero-order chi connectivity index (χ0) is 32.6. The summed E-state index contributed by atoms with van der Waals surface area (Å²) in [5.74, 6) is 0. The van der Waals surface area contributed by atoms with Crippen molar-refractivity contribution in [3.05, 3.63) is 72.3 Å². The summed E-state index contributed by atoms with van der Waals surface area (Å²) in [4.78, 5) is 29.0. The smallest absolute Gasteiger partial charge is 0.410 e. The second-order valence-electron chi connectivity index (χ2n) is 13.9. The first-order chi connectivity index (χ1) is 21.8. The van der Waals surface area contributed by atoms with E-state index in [2.05, 4.69) is 20.6 Å². The van der Waals surface area contributed by atoms with Gasteiger partial charge < -0.3 is 9.47 Å². The molecule has 2 aliphatic rings. The van der Waals surface area contributed by atoms with Gasteiger partial charge in [0.05, 0.1) is 35.9 Å². The second-order valence-corrected chi connectivity index (χ2v) is 13.9. The molecule has 2 atom stereocenters. The topological polar surface area (TPSA) is 120 Å². The van der Waals surface area contributed by atoms with Gasteiger partial charge in [0.25, 0.3) is 0 Å². The number of amides is 2. The van der Waals surface area contributed by atoms with E-state index in [1.54, 1.807) is 19.2 Å². The molecule has 2 amide bonds. The van der Waals surface area contributed by atoms with Gasteiger partial charge in [-0.2, -0.15) is 0 Å². The summed E-state index contributed by atoms with van der Waals surface area (Å²) >= 11 is 0. The maximum Gasteiger partial charge on any atom is 0.410 e. The number of hydrogen-bond donors (Lipinski definition) is 0. The van der Waals surface area contributed by atoms with Crippen LogP contribution in [0.2, 0.25) is 0 Å². The van der Waals surface area contributed by atoms with E-state index in [9.17, 15) is 9.59 Å². The van der Waals surface area contributed by atoms with E-state index < -0.39 is 11.2 Å². The maximum absolute atomic E-state index is 12.7. The van der Waals surface area contributed by atoms with Crippen LogP contribution < -0.4 is 0 Å². The number of rotatable bonds is 5. The van der Waals surface area contributed by atoms with Crippen LogP contribution in [0.5, 0.6) is 0 Å². The molecule has 2 aliphatic heterocycles. The van der Waals surface area contributed by atoms with Gasteiger partial charge in [0, 0.05) is 13.1 Å². The van der Waals surface area contributed by atoms with Gasteiger partial charge >= 0.3 is 12.2 Å². The molecule has 0 radical (unpaired) electrons. The van der Waals surface area contributed by atoms with Crippen molar-refractivity contribution in [1.82, 2.24) is 39.8 Å². The molecule has 0 N–H and O–H groups in total. The van der Waals surface area contributed by atoms with Crippen molar-refractivity contribution < 1.29 is 19.1 Å². The molecule has 2 fully saturated rings. The summed E-state index contributed by atoms with van der Waals surface area (Å²) in [5.41, 5.74) is 4.28. The zero-order valence-electron chi connectivity index (χ0n) is 27.4. The lowest BCUT2D eigenvalue weighted by Crippen LogP contribution is -2.36. The number of benzene rings is 2. The number of hydrogen-bond acceptors (Lipinski definition) is 8. The Bertz CT molecular complexity index is 1560. The Kier molecular flexibility index (Phi) is 8.30. The van der Waals surface area contributed by atoms with Crippen LogP contribution in [0.1, 0.15) is 90.7 Å². The molecule has 12 nitrogen and oxygen atoms in total. The fourth-order valence-electron chi connectivity index (χ4n) is 5.95. The number of carbonyl (C=O) groups is 2. The quantitative estimate of drug-likeness (QED) is 0.241. The minimum atomic E-state index is -0.550. The summed E-state index contributed by atoms with van der Waals surface area (Å²) in [7, 11) is 0. The molecule has 0 bridgehead atoms. The molecule has 0 spiro atoms. The SMILES string of the molecule is CC(C)(C)OC(=O)N1CCC[C@H]1c1cn(-c2ccc(-c3ccc(-n4cc([C@@H]5CCCN5C(=O)OC(C)(C)C)nn4)cc3)cc2)nn1. The lowest BCUT2D eigenvalue weighted by atomic mass is 10.0. The van der Waals surface area contributed by atoms with E-state index in [0.717, 1.165) is 59.6 Å². The molecular weight excluding hydrogens is 584 g/mol. The van der Waals surface area contributed by atoms with Crippen molar-refractivity contribution in [1.29, 1.82) is 0 Å². The third-order valence-electron chi connectivity index (χ3n) is 8.06. The monoisotopic (exact) mass is 626 g/mol. The standard InChI is InChI=1S/C34H42N8O4/c1-33(2,3)45-31(43)39-19-7-9-29(39)27-21-41(37-35-27)25-15-11-23(12-16-25)24-13-17-26(18-14-24)42-22-28(36-38-42)30-10-8-20-40(30)32(44)46-34(4,5)6/h11-18,21-22,29-30H,7-10,19-20H2,1-6H3/t29-,30-/m0/s1. The average Bonchev–Trinajstić information content (AvgIpc) is 3.82. The maximum atomic E-state index is 12.7. The molecule has 46 heavy (non-hydrogen) atoms. The third kappa shape index (κ3) is 6.90. The van der Waals surface area contributed by atoms with Crippen molar-refractivity contribution in [2.24, 2.45) is 0 Å². The van der Waals surface area contributed by atoms with E-state index in [0.29, 0.717) is 13.1 Å². The highest BCUT2D eigenvalue weighted by molar-refractivity contribution is 5.70. The highest BCUT2D eigenvalue weighted by atomic mass is 16.6. The lowest BCUT2D eigenvalue weighted by molar-refractivity contribution is 0.0211. The minimum Gasteiger partial charge on any atom is -0.444 e. The molecule has 4 aromatic rings. The first-order valence-corrected chi connectivity index (χ1v) is 15.9. The molecule has 2 saturated heterocycles. The van der Waals surface area contributed by atoms with Gasteiger partial charge in [-0.05, 0) is 103 Å². The van der Waals surface area contributed by atoms with E-state index in [4.69, 9.17) is 9.47 Å². The van der Waals surface area contributed by atoms with Crippen molar-refractivity contribution in [3.63, 3.8) is 0 Å². The Labute approximate surface area is 269 Å². The molecule has 0 unspecified atom stereocenters.